The topological polar surface area (TPSA) is 53.7 Å². The Kier molecular flexibility index (Phi) is 4.25. The lowest BCUT2D eigenvalue weighted by molar-refractivity contribution is 0.112. The molecule has 0 amide bonds. The Balaban J connectivity index is 1.82. The Morgan fingerprint density at radius 3 is 2.48 bits per heavy atom. The average molecular weight is 356 g/mol. The van der Waals surface area contributed by atoms with Crippen LogP contribution < -0.4 is 0 Å². The molecule has 1 aliphatic heterocycles. The minimum Gasteiger partial charge on any atom is -0.492 e. The second-order valence-electron chi connectivity index (χ2n) is 7.36. The van der Waals surface area contributed by atoms with Gasteiger partial charge in [0, 0.05) is 13.1 Å². The first-order valence-electron chi connectivity index (χ1n) is 8.87. The van der Waals surface area contributed by atoms with Gasteiger partial charge in [-0.1, -0.05) is 55.5 Å². The van der Waals surface area contributed by atoms with Crippen molar-refractivity contribution in [1.29, 1.82) is 0 Å². The number of benzene rings is 1. The maximum absolute atomic E-state index is 10.8. The number of likely N-dealkylation sites (tertiary alicyclic amines) is 1. The van der Waals surface area contributed by atoms with Crippen molar-refractivity contribution in [3.8, 4) is 5.88 Å². The van der Waals surface area contributed by atoms with Gasteiger partial charge in [-0.05, 0) is 30.7 Å². The molecule has 0 aliphatic carbocycles. The van der Waals surface area contributed by atoms with Crippen LogP contribution in [-0.4, -0.2) is 37.7 Å². The molecule has 132 valence electrons. The summed E-state index contributed by atoms with van der Waals surface area (Å²) >= 11 is 1.54. The van der Waals surface area contributed by atoms with Crippen molar-refractivity contribution in [2.75, 3.05) is 13.1 Å². The highest BCUT2D eigenvalue weighted by Crippen LogP contribution is 2.41. The van der Waals surface area contributed by atoms with E-state index in [0.717, 1.165) is 22.9 Å². The standard InChI is InChI=1S/C19H24N4OS/c1-12-9-13(2)11-22(10-12)16(15-7-5-4-6-8-15)17-18(24)23-19(25-17)20-14(3)21-23/h4-8,12-13,16,24H,9-11H2,1-3H3/t12-,13+,16-/m0/s1. The summed E-state index contributed by atoms with van der Waals surface area (Å²) < 4.78 is 1.57. The van der Waals surface area contributed by atoms with Crippen LogP contribution in [0.3, 0.4) is 0 Å². The van der Waals surface area contributed by atoms with Crippen molar-refractivity contribution in [2.45, 2.75) is 33.2 Å². The zero-order valence-electron chi connectivity index (χ0n) is 14.9. The van der Waals surface area contributed by atoms with E-state index in [1.807, 2.05) is 13.0 Å². The fraction of sp³-hybridized carbons (Fsp3) is 0.474. The van der Waals surface area contributed by atoms with Crippen molar-refractivity contribution < 1.29 is 5.11 Å². The summed E-state index contributed by atoms with van der Waals surface area (Å²) in [5, 5.41) is 15.2. The quantitative estimate of drug-likeness (QED) is 0.774. The largest absolute Gasteiger partial charge is 0.492 e. The highest BCUT2D eigenvalue weighted by molar-refractivity contribution is 7.17. The van der Waals surface area contributed by atoms with Gasteiger partial charge in [-0.2, -0.15) is 4.52 Å². The lowest BCUT2D eigenvalue weighted by atomic mass is 9.89. The molecule has 2 aromatic heterocycles. The first-order valence-corrected chi connectivity index (χ1v) is 9.68. The third-order valence-electron chi connectivity index (χ3n) is 4.93. The van der Waals surface area contributed by atoms with Crippen molar-refractivity contribution in [3.63, 3.8) is 0 Å². The van der Waals surface area contributed by atoms with E-state index >= 15 is 0 Å². The Morgan fingerprint density at radius 1 is 1.16 bits per heavy atom. The lowest BCUT2D eigenvalue weighted by Crippen LogP contribution is -2.41. The monoisotopic (exact) mass is 356 g/mol. The van der Waals surface area contributed by atoms with E-state index in [4.69, 9.17) is 0 Å². The van der Waals surface area contributed by atoms with Gasteiger partial charge in [0.1, 0.15) is 5.82 Å². The molecule has 1 N–H and O–H groups in total. The number of thiazole rings is 1. The van der Waals surface area contributed by atoms with Crippen molar-refractivity contribution in [1.82, 2.24) is 19.5 Å². The van der Waals surface area contributed by atoms with E-state index in [0.29, 0.717) is 17.7 Å². The Labute approximate surface area is 151 Å². The molecule has 1 fully saturated rings. The first-order chi connectivity index (χ1) is 12.0. The first kappa shape index (κ1) is 16.5. The second-order valence-corrected chi connectivity index (χ2v) is 8.37. The molecule has 0 unspecified atom stereocenters. The van der Waals surface area contributed by atoms with Crippen LogP contribution in [0.1, 0.15) is 42.6 Å². The van der Waals surface area contributed by atoms with Gasteiger partial charge >= 0.3 is 0 Å². The second kappa shape index (κ2) is 6.42. The molecule has 0 radical (unpaired) electrons. The molecular weight excluding hydrogens is 332 g/mol. The summed E-state index contributed by atoms with van der Waals surface area (Å²) in [7, 11) is 0. The number of nitrogens with zero attached hydrogens (tertiary/aromatic N) is 4. The van der Waals surface area contributed by atoms with Gasteiger partial charge in [0.05, 0.1) is 10.9 Å². The van der Waals surface area contributed by atoms with Crippen molar-refractivity contribution in [2.24, 2.45) is 11.8 Å². The van der Waals surface area contributed by atoms with Crippen LogP contribution in [0.5, 0.6) is 5.88 Å². The summed E-state index contributed by atoms with van der Waals surface area (Å²) in [5.74, 6) is 2.22. The molecule has 3 aromatic rings. The zero-order valence-corrected chi connectivity index (χ0v) is 15.7. The minimum absolute atomic E-state index is 0.0419. The minimum atomic E-state index is 0.0419. The fourth-order valence-electron chi connectivity index (χ4n) is 4.11. The Morgan fingerprint density at radius 2 is 1.84 bits per heavy atom. The van der Waals surface area contributed by atoms with E-state index in [9.17, 15) is 5.11 Å². The van der Waals surface area contributed by atoms with E-state index in [1.165, 1.54) is 12.0 Å². The fourth-order valence-corrected chi connectivity index (χ4v) is 5.27. The Bertz CT molecular complexity index is 862. The summed E-state index contributed by atoms with van der Waals surface area (Å²) in [6, 6.07) is 10.5. The van der Waals surface area contributed by atoms with Crippen LogP contribution in [0.15, 0.2) is 30.3 Å². The van der Waals surface area contributed by atoms with Crippen LogP contribution in [0.25, 0.3) is 4.96 Å². The number of aromatic hydroxyl groups is 1. The third kappa shape index (κ3) is 3.04. The van der Waals surface area contributed by atoms with E-state index in [2.05, 4.69) is 53.1 Å². The highest BCUT2D eigenvalue weighted by atomic mass is 32.1. The number of aryl methyl sites for hydroxylation is 1. The molecule has 25 heavy (non-hydrogen) atoms. The Hall–Kier alpha value is -1.92. The summed E-state index contributed by atoms with van der Waals surface area (Å²) in [6.07, 6.45) is 1.26. The number of piperidine rings is 1. The predicted molar refractivity (Wildman–Crippen MR) is 100 cm³/mol. The molecule has 0 bridgehead atoms. The van der Waals surface area contributed by atoms with E-state index < -0.39 is 0 Å². The van der Waals surface area contributed by atoms with Gasteiger partial charge in [-0.3, -0.25) is 4.90 Å². The van der Waals surface area contributed by atoms with Gasteiger partial charge < -0.3 is 5.11 Å². The molecule has 0 spiro atoms. The van der Waals surface area contributed by atoms with Crippen molar-refractivity contribution in [3.05, 3.63) is 46.6 Å². The third-order valence-corrected chi connectivity index (χ3v) is 6.00. The zero-order chi connectivity index (χ0) is 17.6. The number of fused-ring (bicyclic) bond motifs is 1. The molecule has 0 saturated carbocycles. The molecule has 3 atom stereocenters. The molecule has 6 heteroatoms. The molecule has 1 saturated heterocycles. The molecule has 3 heterocycles. The smallest absolute Gasteiger partial charge is 0.230 e. The van der Waals surface area contributed by atoms with Crippen molar-refractivity contribution >= 4 is 16.3 Å². The van der Waals surface area contributed by atoms with Crippen LogP contribution in [0.4, 0.5) is 0 Å². The number of hydrogen-bond donors (Lipinski definition) is 1. The summed E-state index contributed by atoms with van der Waals surface area (Å²) in [5.41, 5.74) is 1.21. The molecule has 4 rings (SSSR count). The van der Waals surface area contributed by atoms with Gasteiger partial charge in [-0.15, -0.1) is 5.10 Å². The summed E-state index contributed by atoms with van der Waals surface area (Å²) in [6.45, 7) is 8.56. The summed E-state index contributed by atoms with van der Waals surface area (Å²) in [4.78, 5) is 8.63. The van der Waals surface area contributed by atoms with Gasteiger partial charge in [0.2, 0.25) is 10.8 Å². The van der Waals surface area contributed by atoms with Crippen LogP contribution in [0, 0.1) is 18.8 Å². The molecule has 5 nitrogen and oxygen atoms in total. The lowest BCUT2D eigenvalue weighted by Gasteiger charge is -2.40. The maximum atomic E-state index is 10.8. The van der Waals surface area contributed by atoms with E-state index in [-0.39, 0.29) is 11.9 Å². The SMILES string of the molecule is Cc1nc2sc([C@H](c3ccccc3)N3C[C@H](C)C[C@H](C)C3)c(O)n2n1. The predicted octanol–water partition coefficient (Wildman–Crippen LogP) is 3.87. The molecule has 1 aromatic carbocycles. The number of aromatic nitrogens is 3. The molecular formula is C19H24N4OS. The van der Waals surface area contributed by atoms with Crippen LogP contribution in [-0.2, 0) is 0 Å². The van der Waals surface area contributed by atoms with Gasteiger partial charge in [-0.25, -0.2) is 4.98 Å². The maximum Gasteiger partial charge on any atom is 0.230 e. The van der Waals surface area contributed by atoms with Crippen LogP contribution in [0.2, 0.25) is 0 Å². The normalized spacial score (nSPS) is 23.2. The van der Waals surface area contributed by atoms with E-state index in [1.54, 1.807) is 15.9 Å². The van der Waals surface area contributed by atoms with Gasteiger partial charge in [0.25, 0.3) is 0 Å². The van der Waals surface area contributed by atoms with Crippen LogP contribution >= 0.6 is 11.3 Å². The van der Waals surface area contributed by atoms with Gasteiger partial charge in [0.15, 0.2) is 0 Å². The highest BCUT2D eigenvalue weighted by Gasteiger charge is 2.33. The number of rotatable bonds is 3. The average Bonchev–Trinajstić information content (AvgIpc) is 3.06. The number of hydrogen-bond acceptors (Lipinski definition) is 5. The molecule has 1 aliphatic rings.